The van der Waals surface area contributed by atoms with Crippen LogP contribution in [0.2, 0.25) is 0 Å². The van der Waals surface area contributed by atoms with Crippen molar-refractivity contribution in [1.82, 2.24) is 19.7 Å². The number of aromatic nitrogens is 3. The van der Waals surface area contributed by atoms with Gasteiger partial charge in [-0.25, -0.2) is 13.6 Å². The Balaban J connectivity index is 2.15. The topological polar surface area (TPSA) is 91.5 Å². The van der Waals surface area contributed by atoms with Gasteiger partial charge in [-0.05, 0) is 59.1 Å². The maximum Gasteiger partial charge on any atom is 0.408 e. The van der Waals surface area contributed by atoms with Crippen LogP contribution in [0.3, 0.4) is 0 Å². The van der Waals surface area contributed by atoms with Crippen molar-refractivity contribution in [2.45, 2.75) is 77.1 Å². The van der Waals surface area contributed by atoms with Gasteiger partial charge in [0, 0.05) is 18.0 Å². The van der Waals surface area contributed by atoms with E-state index in [1.165, 1.54) is 17.0 Å². The lowest BCUT2D eigenvalue weighted by Gasteiger charge is -2.38. The Hall–Kier alpha value is -2.55. The number of aliphatic hydroxyl groups is 1. The molecule has 2 N–H and O–H groups in total. The molecule has 164 valence electrons. The average Bonchev–Trinajstić information content (AvgIpc) is 2.94. The van der Waals surface area contributed by atoms with Crippen molar-refractivity contribution in [3.63, 3.8) is 0 Å². The van der Waals surface area contributed by atoms with Crippen LogP contribution in [-0.2, 0) is 12.1 Å². The first-order valence-corrected chi connectivity index (χ1v) is 9.94. The molecule has 3 rings (SSSR count). The third-order valence-electron chi connectivity index (χ3n) is 5.48. The molecule has 1 aromatic carbocycles. The van der Waals surface area contributed by atoms with E-state index in [-0.39, 0.29) is 17.9 Å². The number of hydrogen-bond donors (Lipinski definition) is 2. The van der Waals surface area contributed by atoms with Crippen LogP contribution < -0.4 is 0 Å². The summed E-state index contributed by atoms with van der Waals surface area (Å²) in [6.07, 6.45) is -0.337. The van der Waals surface area contributed by atoms with Gasteiger partial charge in [-0.3, -0.25) is 4.90 Å². The number of fused-ring (bicyclic) bond motifs is 1. The molecule has 0 saturated carbocycles. The standard InChI is InChI=1S/C21H28F2N4O3/c1-20(2,3)27(19(28)29)15-10-9-12(13-7-6-8-14(22)16(13)23)11-26-17(15)24-25-18(26)21(4,5)30/h6-8,12,15,30H,9-11H2,1-5H3,(H,28,29)/t12-,15-/m1/s1. The second-order valence-corrected chi connectivity index (χ2v) is 9.31. The van der Waals surface area contributed by atoms with E-state index in [1.54, 1.807) is 39.2 Å². The molecule has 9 heteroatoms. The molecule has 1 aromatic heterocycles. The molecule has 2 heterocycles. The fourth-order valence-electron chi connectivity index (χ4n) is 4.22. The van der Waals surface area contributed by atoms with E-state index < -0.39 is 40.8 Å². The summed E-state index contributed by atoms with van der Waals surface area (Å²) in [4.78, 5) is 13.4. The maximum atomic E-state index is 14.6. The first-order valence-electron chi connectivity index (χ1n) is 9.94. The zero-order valence-corrected chi connectivity index (χ0v) is 17.9. The Kier molecular flexibility index (Phi) is 5.62. The van der Waals surface area contributed by atoms with Gasteiger partial charge in [0.15, 0.2) is 23.3 Å². The minimum absolute atomic E-state index is 0.204. The van der Waals surface area contributed by atoms with Crippen LogP contribution in [0.1, 0.15) is 76.6 Å². The third-order valence-corrected chi connectivity index (χ3v) is 5.48. The molecule has 0 fully saturated rings. The highest BCUT2D eigenvalue weighted by Crippen LogP contribution is 2.40. The highest BCUT2D eigenvalue weighted by Gasteiger charge is 2.41. The molecule has 2 aromatic rings. The van der Waals surface area contributed by atoms with Gasteiger partial charge < -0.3 is 14.8 Å². The molecule has 0 unspecified atom stereocenters. The molecule has 0 aliphatic carbocycles. The molecule has 7 nitrogen and oxygen atoms in total. The fraction of sp³-hybridized carbons (Fsp3) is 0.571. The average molecular weight is 422 g/mol. The Morgan fingerprint density at radius 3 is 2.40 bits per heavy atom. The van der Waals surface area contributed by atoms with Crippen molar-refractivity contribution >= 4 is 6.09 Å². The first-order chi connectivity index (χ1) is 13.8. The summed E-state index contributed by atoms with van der Waals surface area (Å²) in [5, 5.41) is 28.9. The van der Waals surface area contributed by atoms with Crippen LogP contribution >= 0.6 is 0 Å². The molecule has 30 heavy (non-hydrogen) atoms. The number of nitrogens with zero attached hydrogens (tertiary/aromatic N) is 4. The number of benzene rings is 1. The maximum absolute atomic E-state index is 14.6. The predicted octanol–water partition coefficient (Wildman–Crippen LogP) is 4.18. The molecule has 2 atom stereocenters. The van der Waals surface area contributed by atoms with E-state index in [0.717, 1.165) is 6.07 Å². The predicted molar refractivity (Wildman–Crippen MR) is 106 cm³/mol. The second-order valence-electron chi connectivity index (χ2n) is 9.31. The molecule has 0 spiro atoms. The molecule has 1 amide bonds. The van der Waals surface area contributed by atoms with Crippen molar-refractivity contribution in [1.29, 1.82) is 0 Å². The fourth-order valence-corrected chi connectivity index (χ4v) is 4.22. The number of hydrogen-bond acceptors (Lipinski definition) is 4. The summed E-state index contributed by atoms with van der Waals surface area (Å²) in [5.41, 5.74) is -1.86. The van der Waals surface area contributed by atoms with Crippen LogP contribution in [0.5, 0.6) is 0 Å². The minimum Gasteiger partial charge on any atom is -0.465 e. The van der Waals surface area contributed by atoms with E-state index in [2.05, 4.69) is 10.2 Å². The van der Waals surface area contributed by atoms with E-state index in [9.17, 15) is 23.8 Å². The lowest BCUT2D eigenvalue weighted by atomic mass is 9.91. The van der Waals surface area contributed by atoms with E-state index in [0.29, 0.717) is 18.7 Å². The number of carbonyl (C=O) groups is 1. The summed E-state index contributed by atoms with van der Waals surface area (Å²) in [6.45, 7) is 8.67. The van der Waals surface area contributed by atoms with Crippen LogP contribution in [0, 0.1) is 11.6 Å². The minimum atomic E-state index is -1.35. The number of rotatable bonds is 3. The molecule has 0 bridgehead atoms. The zero-order chi connectivity index (χ0) is 22.4. The SMILES string of the molecule is CC(C)(O)c1nnc2n1C[C@H](c1cccc(F)c1F)CC[C@H]2N(C(=O)O)C(C)(C)C. The monoisotopic (exact) mass is 422 g/mol. The molecule has 0 saturated heterocycles. The van der Waals surface area contributed by atoms with Gasteiger partial charge in [0.25, 0.3) is 0 Å². The van der Waals surface area contributed by atoms with Crippen LogP contribution in [0.4, 0.5) is 13.6 Å². The summed E-state index contributed by atoms with van der Waals surface area (Å²) < 4.78 is 30.1. The number of halogens is 2. The van der Waals surface area contributed by atoms with Crippen LogP contribution in [0.15, 0.2) is 18.2 Å². The van der Waals surface area contributed by atoms with Crippen molar-refractivity contribution < 1.29 is 23.8 Å². The molecule has 0 radical (unpaired) electrons. The van der Waals surface area contributed by atoms with Crippen molar-refractivity contribution in [2.75, 3.05) is 0 Å². The van der Waals surface area contributed by atoms with Gasteiger partial charge in [-0.2, -0.15) is 0 Å². The van der Waals surface area contributed by atoms with Gasteiger partial charge in [-0.1, -0.05) is 12.1 Å². The molecule has 1 aliphatic heterocycles. The van der Waals surface area contributed by atoms with E-state index in [1.807, 2.05) is 0 Å². The van der Waals surface area contributed by atoms with Gasteiger partial charge in [-0.15, -0.1) is 10.2 Å². The zero-order valence-electron chi connectivity index (χ0n) is 17.9. The van der Waals surface area contributed by atoms with Crippen LogP contribution in [-0.4, -0.2) is 41.5 Å². The molecular formula is C21H28F2N4O3. The highest BCUT2D eigenvalue weighted by atomic mass is 19.2. The largest absolute Gasteiger partial charge is 0.465 e. The molecule has 1 aliphatic rings. The summed E-state index contributed by atoms with van der Waals surface area (Å²) in [7, 11) is 0. The Labute approximate surface area is 174 Å². The van der Waals surface area contributed by atoms with E-state index >= 15 is 0 Å². The number of carboxylic acid groups (broad SMARTS) is 1. The van der Waals surface area contributed by atoms with Crippen LogP contribution in [0.25, 0.3) is 0 Å². The second kappa shape index (κ2) is 7.61. The van der Waals surface area contributed by atoms with Gasteiger partial charge >= 0.3 is 6.09 Å². The third kappa shape index (κ3) is 4.03. The Bertz CT molecular complexity index is 947. The van der Waals surface area contributed by atoms with Gasteiger partial charge in [0.2, 0.25) is 0 Å². The lowest BCUT2D eigenvalue weighted by molar-refractivity contribution is 0.0599. The normalized spacial score (nSPS) is 19.9. The summed E-state index contributed by atoms with van der Waals surface area (Å²) in [6, 6.07) is 3.42. The molecular weight excluding hydrogens is 394 g/mol. The van der Waals surface area contributed by atoms with Crippen molar-refractivity contribution in [3.8, 4) is 0 Å². The lowest BCUT2D eigenvalue weighted by Crippen LogP contribution is -2.47. The van der Waals surface area contributed by atoms with Crippen molar-refractivity contribution in [2.24, 2.45) is 0 Å². The van der Waals surface area contributed by atoms with E-state index in [4.69, 9.17) is 0 Å². The Morgan fingerprint density at radius 2 is 1.83 bits per heavy atom. The van der Waals surface area contributed by atoms with Gasteiger partial charge in [0.05, 0.1) is 6.04 Å². The summed E-state index contributed by atoms with van der Waals surface area (Å²) >= 11 is 0. The summed E-state index contributed by atoms with van der Waals surface area (Å²) in [5.74, 6) is -1.63. The Morgan fingerprint density at radius 1 is 1.17 bits per heavy atom. The quantitative estimate of drug-likeness (QED) is 0.774. The highest BCUT2D eigenvalue weighted by molar-refractivity contribution is 5.66. The smallest absolute Gasteiger partial charge is 0.408 e. The first kappa shape index (κ1) is 22.1. The number of amides is 1. The van der Waals surface area contributed by atoms with Crippen molar-refractivity contribution in [3.05, 3.63) is 47.0 Å². The van der Waals surface area contributed by atoms with Gasteiger partial charge in [0.1, 0.15) is 5.60 Å².